The lowest BCUT2D eigenvalue weighted by atomic mass is 10.1. The molecule has 1 aromatic carbocycles. The van der Waals surface area contributed by atoms with Gasteiger partial charge in [-0.15, -0.1) is 0 Å². The van der Waals surface area contributed by atoms with Crippen LogP contribution in [0.1, 0.15) is 76.7 Å². The smallest absolute Gasteiger partial charge is 0.201 e. The maximum absolute atomic E-state index is 12.8. The molecule has 0 unspecified atom stereocenters. The van der Waals surface area contributed by atoms with Crippen LogP contribution >= 0.6 is 0 Å². The highest BCUT2D eigenvalue weighted by Gasteiger charge is 2.19. The third-order valence-electron chi connectivity index (χ3n) is 5.19. The summed E-state index contributed by atoms with van der Waals surface area (Å²) in [6, 6.07) is 7.17. The van der Waals surface area contributed by atoms with Gasteiger partial charge in [-0.2, -0.15) is 0 Å². The Morgan fingerprint density at radius 1 is 0.962 bits per heavy atom. The van der Waals surface area contributed by atoms with Gasteiger partial charge in [0, 0.05) is 18.8 Å². The number of rotatable bonds is 11. The quantitative estimate of drug-likeness (QED) is 0.454. The summed E-state index contributed by atoms with van der Waals surface area (Å²) in [4.78, 5) is 2.68. The van der Waals surface area contributed by atoms with E-state index in [-0.39, 0.29) is 0 Å². The molecule has 3 nitrogen and oxygen atoms in total. The number of allylic oxidation sites excluding steroid dienone is 1. The number of hydrogen-bond donors (Lipinski definition) is 0. The van der Waals surface area contributed by atoms with E-state index in [1.165, 1.54) is 51.4 Å². The molecule has 1 aromatic rings. The van der Waals surface area contributed by atoms with Crippen molar-refractivity contribution in [2.45, 2.75) is 83.0 Å². The minimum Gasteiger partial charge on any atom is -0.374 e. The van der Waals surface area contributed by atoms with Crippen LogP contribution in [0.2, 0.25) is 0 Å². The lowest BCUT2D eigenvalue weighted by molar-refractivity contribution is 0.402. The first-order valence-corrected chi connectivity index (χ1v) is 11.8. The highest BCUT2D eigenvalue weighted by molar-refractivity contribution is 7.94. The molecule has 1 saturated heterocycles. The molecule has 0 N–H and O–H groups in total. The molecule has 0 atom stereocenters. The Hall–Kier alpha value is -1.29. The first-order chi connectivity index (χ1) is 12.5. The fourth-order valence-corrected chi connectivity index (χ4v) is 4.81. The number of benzene rings is 1. The van der Waals surface area contributed by atoms with E-state index in [0.29, 0.717) is 4.90 Å². The molecule has 1 aliphatic rings. The van der Waals surface area contributed by atoms with E-state index >= 15 is 0 Å². The van der Waals surface area contributed by atoms with Crippen molar-refractivity contribution in [3.63, 3.8) is 0 Å². The number of sulfone groups is 1. The SMILES string of the molecule is CCCCCCCCC/C(=C\S(=O)(=O)c1ccc(C)cc1)N1CCCC1. The number of hydrogen-bond acceptors (Lipinski definition) is 3. The average molecular weight is 378 g/mol. The fourth-order valence-electron chi connectivity index (χ4n) is 3.53. The van der Waals surface area contributed by atoms with Gasteiger partial charge >= 0.3 is 0 Å². The van der Waals surface area contributed by atoms with E-state index in [4.69, 9.17) is 0 Å². The van der Waals surface area contributed by atoms with Crippen molar-refractivity contribution in [3.8, 4) is 0 Å². The van der Waals surface area contributed by atoms with Crippen molar-refractivity contribution in [3.05, 3.63) is 40.9 Å². The van der Waals surface area contributed by atoms with Crippen LogP contribution in [0.15, 0.2) is 40.3 Å². The van der Waals surface area contributed by atoms with Gasteiger partial charge in [-0.25, -0.2) is 8.42 Å². The van der Waals surface area contributed by atoms with Gasteiger partial charge in [-0.3, -0.25) is 0 Å². The summed E-state index contributed by atoms with van der Waals surface area (Å²) in [5.41, 5.74) is 2.09. The Bertz CT molecular complexity index is 656. The molecule has 2 rings (SSSR count). The van der Waals surface area contributed by atoms with Crippen molar-refractivity contribution < 1.29 is 8.42 Å². The maximum atomic E-state index is 12.8. The zero-order valence-corrected chi connectivity index (χ0v) is 17.4. The summed E-state index contributed by atoms with van der Waals surface area (Å²) < 4.78 is 25.6. The molecule has 0 bridgehead atoms. The second-order valence-electron chi connectivity index (χ2n) is 7.53. The largest absolute Gasteiger partial charge is 0.374 e. The van der Waals surface area contributed by atoms with Gasteiger partial charge in [0.15, 0.2) is 0 Å². The van der Waals surface area contributed by atoms with E-state index < -0.39 is 9.84 Å². The van der Waals surface area contributed by atoms with E-state index in [1.54, 1.807) is 17.5 Å². The van der Waals surface area contributed by atoms with Crippen molar-refractivity contribution >= 4 is 9.84 Å². The molecule has 146 valence electrons. The van der Waals surface area contributed by atoms with Gasteiger partial charge in [0.25, 0.3) is 0 Å². The number of nitrogens with zero attached hydrogens (tertiary/aromatic N) is 1. The van der Waals surface area contributed by atoms with E-state index in [9.17, 15) is 8.42 Å². The number of likely N-dealkylation sites (tertiary alicyclic amines) is 1. The second kappa shape index (κ2) is 10.8. The molecular formula is C22H35NO2S. The lowest BCUT2D eigenvalue weighted by Crippen LogP contribution is -2.20. The molecule has 26 heavy (non-hydrogen) atoms. The molecule has 0 spiro atoms. The van der Waals surface area contributed by atoms with Crippen LogP contribution < -0.4 is 0 Å². The molecule has 0 aromatic heterocycles. The average Bonchev–Trinajstić information content (AvgIpc) is 3.15. The predicted octanol–water partition coefficient (Wildman–Crippen LogP) is 5.85. The highest BCUT2D eigenvalue weighted by Crippen LogP contribution is 2.24. The summed E-state index contributed by atoms with van der Waals surface area (Å²) in [6.07, 6.45) is 12.0. The van der Waals surface area contributed by atoms with Gasteiger partial charge < -0.3 is 4.90 Å². The normalized spacial score (nSPS) is 15.6. The van der Waals surface area contributed by atoms with Gasteiger partial charge in [0.05, 0.1) is 10.3 Å². The van der Waals surface area contributed by atoms with Crippen LogP contribution in [0, 0.1) is 6.92 Å². The van der Waals surface area contributed by atoms with E-state index in [1.807, 2.05) is 19.1 Å². The molecular weight excluding hydrogens is 342 g/mol. The summed E-state index contributed by atoms with van der Waals surface area (Å²) in [6.45, 7) is 6.20. The van der Waals surface area contributed by atoms with Crippen LogP contribution in [-0.4, -0.2) is 26.4 Å². The minimum atomic E-state index is -3.37. The fraction of sp³-hybridized carbons (Fsp3) is 0.636. The molecule has 4 heteroatoms. The monoisotopic (exact) mass is 377 g/mol. The predicted molar refractivity (Wildman–Crippen MR) is 110 cm³/mol. The summed E-state index contributed by atoms with van der Waals surface area (Å²) in [5.74, 6) is 0. The lowest BCUT2D eigenvalue weighted by Gasteiger charge is -2.21. The molecule has 0 radical (unpaired) electrons. The molecule has 1 aliphatic heterocycles. The molecule has 1 fully saturated rings. The first kappa shape index (κ1) is 21.0. The maximum Gasteiger partial charge on any atom is 0.201 e. The van der Waals surface area contributed by atoms with Gasteiger partial charge in [-0.05, 0) is 44.7 Å². The van der Waals surface area contributed by atoms with Gasteiger partial charge in [-0.1, -0.05) is 63.1 Å². The summed E-state index contributed by atoms with van der Waals surface area (Å²) in [5, 5.41) is 1.54. The van der Waals surface area contributed by atoms with E-state index in [2.05, 4.69) is 11.8 Å². The minimum absolute atomic E-state index is 0.402. The molecule has 0 aliphatic carbocycles. The first-order valence-electron chi connectivity index (χ1n) is 10.3. The molecule has 1 heterocycles. The Balaban J connectivity index is 1.99. The second-order valence-corrected chi connectivity index (χ2v) is 9.33. The van der Waals surface area contributed by atoms with Crippen molar-refractivity contribution in [1.82, 2.24) is 4.90 Å². The Morgan fingerprint density at radius 3 is 2.15 bits per heavy atom. The molecule has 0 saturated carbocycles. The van der Waals surface area contributed by atoms with Crippen LogP contribution in [0.5, 0.6) is 0 Å². The third kappa shape index (κ3) is 6.79. The Labute approximate surface area is 160 Å². The number of unbranched alkanes of at least 4 members (excludes halogenated alkanes) is 6. The number of aryl methyl sites for hydroxylation is 1. The van der Waals surface area contributed by atoms with Crippen LogP contribution in [0.4, 0.5) is 0 Å². The van der Waals surface area contributed by atoms with E-state index in [0.717, 1.165) is 37.2 Å². The Kier molecular flexibility index (Phi) is 8.70. The van der Waals surface area contributed by atoms with Crippen molar-refractivity contribution in [2.24, 2.45) is 0 Å². The van der Waals surface area contributed by atoms with Crippen LogP contribution in [0.25, 0.3) is 0 Å². The van der Waals surface area contributed by atoms with Gasteiger partial charge in [0.2, 0.25) is 9.84 Å². The highest BCUT2D eigenvalue weighted by atomic mass is 32.2. The van der Waals surface area contributed by atoms with Gasteiger partial charge in [0.1, 0.15) is 0 Å². The third-order valence-corrected chi connectivity index (χ3v) is 6.70. The van der Waals surface area contributed by atoms with Crippen LogP contribution in [0.3, 0.4) is 0 Å². The van der Waals surface area contributed by atoms with Crippen molar-refractivity contribution in [1.29, 1.82) is 0 Å². The standard InChI is InChI=1S/C22H35NO2S/c1-3-4-5-6-7-8-9-12-21(23-17-10-11-18-23)19-26(24,25)22-15-13-20(2)14-16-22/h13-16,19H,3-12,17-18H2,1-2H3/b21-19+. The molecule has 0 amide bonds. The zero-order valence-electron chi connectivity index (χ0n) is 16.5. The topological polar surface area (TPSA) is 37.4 Å². The Morgan fingerprint density at radius 2 is 1.54 bits per heavy atom. The summed E-state index contributed by atoms with van der Waals surface area (Å²) in [7, 11) is -3.37. The van der Waals surface area contributed by atoms with Crippen molar-refractivity contribution in [2.75, 3.05) is 13.1 Å². The zero-order chi connectivity index (χ0) is 18.8. The van der Waals surface area contributed by atoms with Crippen LogP contribution in [-0.2, 0) is 9.84 Å². The summed E-state index contributed by atoms with van der Waals surface area (Å²) >= 11 is 0.